The van der Waals surface area contributed by atoms with E-state index in [0.29, 0.717) is 12.1 Å². The number of carbonyl (C=O) groups is 1. The van der Waals surface area contributed by atoms with Crippen molar-refractivity contribution >= 4 is 17.7 Å². The molecule has 0 atom stereocenters. The van der Waals surface area contributed by atoms with Crippen molar-refractivity contribution in [2.75, 3.05) is 0 Å². The third-order valence-electron chi connectivity index (χ3n) is 4.02. The molecule has 3 N–H and O–H groups in total. The number of para-hydroxylation sites is 1. The SMILES string of the molecule is Cc1cccc(C)c1N=C(N)NC(=O)N(C1CC1)C1CC1. The number of hydrogen-bond acceptors (Lipinski definition) is 2. The number of aliphatic imine (C=N–C) groups is 1. The molecular weight excluding hydrogens is 264 g/mol. The van der Waals surface area contributed by atoms with Crippen molar-refractivity contribution in [1.82, 2.24) is 10.2 Å². The molecule has 1 aromatic rings. The second-order valence-electron chi connectivity index (χ2n) is 6.04. The first-order valence-electron chi connectivity index (χ1n) is 7.56. The summed E-state index contributed by atoms with van der Waals surface area (Å²) in [7, 11) is 0. The van der Waals surface area contributed by atoms with Gasteiger partial charge in [-0.3, -0.25) is 5.32 Å². The highest BCUT2D eigenvalue weighted by atomic mass is 16.2. The molecule has 2 fully saturated rings. The fraction of sp³-hybridized carbons (Fsp3) is 0.500. The number of urea groups is 1. The first-order chi connectivity index (χ1) is 10.1. The fourth-order valence-corrected chi connectivity index (χ4v) is 2.64. The van der Waals surface area contributed by atoms with E-state index in [2.05, 4.69) is 10.3 Å². The summed E-state index contributed by atoms with van der Waals surface area (Å²) in [4.78, 5) is 18.7. The molecule has 0 saturated heterocycles. The lowest BCUT2D eigenvalue weighted by Gasteiger charge is -2.22. The lowest BCUT2D eigenvalue weighted by Crippen LogP contribution is -2.47. The fourth-order valence-electron chi connectivity index (χ4n) is 2.64. The van der Waals surface area contributed by atoms with Gasteiger partial charge in [-0.15, -0.1) is 0 Å². The van der Waals surface area contributed by atoms with E-state index < -0.39 is 0 Å². The zero-order valence-electron chi connectivity index (χ0n) is 12.6. The van der Waals surface area contributed by atoms with Crippen molar-refractivity contribution < 1.29 is 4.79 Å². The molecule has 2 saturated carbocycles. The van der Waals surface area contributed by atoms with Gasteiger partial charge < -0.3 is 10.6 Å². The number of hydrogen-bond donors (Lipinski definition) is 2. The quantitative estimate of drug-likeness (QED) is 0.662. The molecule has 0 unspecified atom stereocenters. The third-order valence-corrected chi connectivity index (χ3v) is 4.02. The molecule has 2 aliphatic carbocycles. The standard InChI is InChI=1S/C16H22N4O/c1-10-4-3-5-11(2)14(10)18-15(17)19-16(21)20(12-6-7-12)13-8-9-13/h3-5,12-13H,6-9H2,1-2H3,(H3,17,18,19,21). The molecular formula is C16H22N4O. The Labute approximate surface area is 125 Å². The van der Waals surface area contributed by atoms with E-state index in [1.165, 1.54) is 0 Å². The maximum atomic E-state index is 12.3. The first-order valence-corrected chi connectivity index (χ1v) is 7.56. The zero-order chi connectivity index (χ0) is 15.0. The lowest BCUT2D eigenvalue weighted by molar-refractivity contribution is 0.197. The van der Waals surface area contributed by atoms with Crippen LogP contribution < -0.4 is 11.1 Å². The van der Waals surface area contributed by atoms with Gasteiger partial charge in [0.1, 0.15) is 0 Å². The molecule has 3 rings (SSSR count). The minimum atomic E-state index is -0.104. The summed E-state index contributed by atoms with van der Waals surface area (Å²) < 4.78 is 0. The van der Waals surface area contributed by atoms with Gasteiger partial charge in [-0.1, -0.05) is 18.2 Å². The summed E-state index contributed by atoms with van der Waals surface area (Å²) in [5.41, 5.74) is 8.85. The van der Waals surface area contributed by atoms with Crippen LogP contribution in [0.25, 0.3) is 0 Å². The highest BCUT2D eigenvalue weighted by Crippen LogP contribution is 2.37. The van der Waals surface area contributed by atoms with Crippen LogP contribution in [-0.4, -0.2) is 29.0 Å². The minimum Gasteiger partial charge on any atom is -0.369 e. The van der Waals surface area contributed by atoms with Crippen LogP contribution in [0.4, 0.5) is 10.5 Å². The molecule has 0 radical (unpaired) electrons. The van der Waals surface area contributed by atoms with Crippen LogP contribution in [0.2, 0.25) is 0 Å². The molecule has 112 valence electrons. The average Bonchev–Trinajstić information content (AvgIpc) is 3.28. The lowest BCUT2D eigenvalue weighted by atomic mass is 10.1. The van der Waals surface area contributed by atoms with Gasteiger partial charge in [-0.25, -0.2) is 9.79 Å². The van der Waals surface area contributed by atoms with Crippen LogP contribution in [-0.2, 0) is 0 Å². The number of amides is 2. The molecule has 0 aromatic heterocycles. The van der Waals surface area contributed by atoms with E-state index in [4.69, 9.17) is 5.73 Å². The van der Waals surface area contributed by atoms with E-state index in [1.54, 1.807) is 0 Å². The predicted octanol–water partition coefficient (Wildman–Crippen LogP) is 2.59. The van der Waals surface area contributed by atoms with Gasteiger partial charge in [0.15, 0.2) is 0 Å². The van der Waals surface area contributed by atoms with Gasteiger partial charge in [0, 0.05) is 12.1 Å². The van der Waals surface area contributed by atoms with Gasteiger partial charge in [0.25, 0.3) is 0 Å². The number of nitrogens with zero attached hydrogens (tertiary/aromatic N) is 2. The second kappa shape index (κ2) is 5.39. The highest BCUT2D eigenvalue weighted by Gasteiger charge is 2.42. The Morgan fingerprint density at radius 2 is 1.71 bits per heavy atom. The summed E-state index contributed by atoms with van der Waals surface area (Å²) in [5.74, 6) is 0.170. The predicted molar refractivity (Wildman–Crippen MR) is 83.6 cm³/mol. The van der Waals surface area contributed by atoms with Crippen molar-refractivity contribution in [3.63, 3.8) is 0 Å². The maximum absolute atomic E-state index is 12.3. The van der Waals surface area contributed by atoms with Crippen LogP contribution >= 0.6 is 0 Å². The second-order valence-corrected chi connectivity index (χ2v) is 6.04. The number of nitrogens with one attached hydrogen (secondary N) is 1. The number of nitrogens with two attached hydrogens (primary N) is 1. The molecule has 5 heteroatoms. The van der Waals surface area contributed by atoms with E-state index in [9.17, 15) is 4.79 Å². The van der Waals surface area contributed by atoms with Crippen molar-refractivity contribution in [1.29, 1.82) is 0 Å². The van der Waals surface area contributed by atoms with Crippen molar-refractivity contribution in [3.05, 3.63) is 29.3 Å². The normalized spacial score (nSPS) is 18.5. The Hall–Kier alpha value is -2.04. The smallest absolute Gasteiger partial charge is 0.324 e. The van der Waals surface area contributed by atoms with Gasteiger partial charge in [0.05, 0.1) is 5.69 Å². The van der Waals surface area contributed by atoms with Crippen molar-refractivity contribution in [2.24, 2.45) is 10.7 Å². The summed E-state index contributed by atoms with van der Waals surface area (Å²) >= 11 is 0. The molecule has 2 amide bonds. The molecule has 0 spiro atoms. The van der Waals surface area contributed by atoms with Crippen molar-refractivity contribution in [3.8, 4) is 0 Å². The molecule has 5 nitrogen and oxygen atoms in total. The number of rotatable bonds is 3. The van der Waals surface area contributed by atoms with Crippen LogP contribution in [0.15, 0.2) is 23.2 Å². The van der Waals surface area contributed by atoms with Gasteiger partial charge in [-0.2, -0.15) is 0 Å². The van der Waals surface area contributed by atoms with E-state index >= 15 is 0 Å². The van der Waals surface area contributed by atoms with E-state index in [1.807, 2.05) is 36.9 Å². The maximum Gasteiger partial charge on any atom is 0.324 e. The Bertz CT molecular complexity index is 556. The molecule has 0 aliphatic heterocycles. The summed E-state index contributed by atoms with van der Waals surface area (Å²) in [6, 6.07) is 6.67. The third kappa shape index (κ3) is 3.17. The monoisotopic (exact) mass is 286 g/mol. The number of guanidine groups is 1. The Kier molecular flexibility index (Phi) is 3.57. The first kappa shape index (κ1) is 13.9. The molecule has 0 bridgehead atoms. The Balaban J connectivity index is 1.71. The van der Waals surface area contributed by atoms with Crippen LogP contribution in [0.3, 0.4) is 0 Å². The van der Waals surface area contributed by atoms with Crippen LogP contribution in [0.5, 0.6) is 0 Å². The van der Waals surface area contributed by atoms with E-state index in [0.717, 1.165) is 42.5 Å². The minimum absolute atomic E-state index is 0.104. The van der Waals surface area contributed by atoms with Gasteiger partial charge in [0.2, 0.25) is 5.96 Å². The Morgan fingerprint density at radius 3 is 2.19 bits per heavy atom. The molecule has 0 heterocycles. The number of benzene rings is 1. The highest BCUT2D eigenvalue weighted by molar-refractivity contribution is 5.97. The summed E-state index contributed by atoms with van der Waals surface area (Å²) in [6.07, 6.45) is 4.44. The topological polar surface area (TPSA) is 70.7 Å². The van der Waals surface area contributed by atoms with Gasteiger partial charge in [-0.05, 0) is 50.7 Å². The average molecular weight is 286 g/mol. The van der Waals surface area contributed by atoms with Crippen LogP contribution in [0, 0.1) is 13.8 Å². The van der Waals surface area contributed by atoms with Crippen LogP contribution in [0.1, 0.15) is 36.8 Å². The van der Waals surface area contributed by atoms with Crippen molar-refractivity contribution in [2.45, 2.75) is 51.6 Å². The van der Waals surface area contributed by atoms with E-state index in [-0.39, 0.29) is 12.0 Å². The molecule has 2 aliphatic rings. The summed E-state index contributed by atoms with van der Waals surface area (Å²) in [6.45, 7) is 3.98. The summed E-state index contributed by atoms with van der Waals surface area (Å²) in [5, 5.41) is 2.74. The largest absolute Gasteiger partial charge is 0.369 e. The van der Waals surface area contributed by atoms with Gasteiger partial charge >= 0.3 is 6.03 Å². The molecule has 1 aromatic carbocycles. The zero-order valence-corrected chi connectivity index (χ0v) is 12.6. The number of aryl methyl sites for hydroxylation is 2. The number of carbonyl (C=O) groups excluding carboxylic acids is 1. The Morgan fingerprint density at radius 1 is 1.19 bits per heavy atom. The molecule has 21 heavy (non-hydrogen) atoms.